The van der Waals surface area contributed by atoms with Crippen LogP contribution >= 0.6 is 22.6 Å². The zero-order valence-electron chi connectivity index (χ0n) is 15.3. The number of hydrogen-bond donors (Lipinski definition) is 4. The minimum Gasteiger partial charge on any atom is -0.507 e. The molecule has 0 aliphatic carbocycles. The van der Waals surface area contributed by atoms with Crippen molar-refractivity contribution in [1.29, 1.82) is 0 Å². The number of anilines is 1. The molecule has 0 unspecified atom stereocenters. The third-order valence-electron chi connectivity index (χ3n) is 3.49. The topological polar surface area (TPSA) is 90.8 Å². The monoisotopic (exact) mass is 488 g/mol. The van der Waals surface area contributed by atoms with Gasteiger partial charge in [0.15, 0.2) is 5.82 Å². The smallest absolute Gasteiger partial charge is 0.412 e. The van der Waals surface area contributed by atoms with Crippen molar-refractivity contribution in [2.75, 3.05) is 5.32 Å². The predicted octanol–water partition coefficient (Wildman–Crippen LogP) is 4.48. The van der Waals surface area contributed by atoms with Gasteiger partial charge in [-0.25, -0.2) is 9.18 Å². The summed E-state index contributed by atoms with van der Waals surface area (Å²) in [7, 11) is 0. The largest absolute Gasteiger partial charge is 0.507 e. The fraction of sp³-hybridized carbons (Fsp3) is 0.316. The van der Waals surface area contributed by atoms with Crippen molar-refractivity contribution in [3.63, 3.8) is 0 Å². The molecule has 0 saturated heterocycles. The van der Waals surface area contributed by atoms with Crippen molar-refractivity contribution in [2.45, 2.75) is 39.5 Å². The fourth-order valence-corrected chi connectivity index (χ4v) is 2.82. The van der Waals surface area contributed by atoms with E-state index in [1.54, 1.807) is 39.0 Å². The Kier molecular flexibility index (Phi) is 6.88. The first kappa shape index (κ1) is 21.2. The van der Waals surface area contributed by atoms with Gasteiger partial charge in [-0.3, -0.25) is 5.32 Å². The lowest BCUT2D eigenvalue weighted by atomic mass is 10.1. The summed E-state index contributed by atoms with van der Waals surface area (Å²) >= 11 is 1.96. The third-order valence-corrected chi connectivity index (χ3v) is 4.36. The summed E-state index contributed by atoms with van der Waals surface area (Å²) in [6.07, 6.45) is -0.727. The molecule has 0 radical (unpaired) electrons. The second-order valence-corrected chi connectivity index (χ2v) is 8.10. The molecule has 4 N–H and O–H groups in total. The van der Waals surface area contributed by atoms with Crippen LogP contribution in [0.25, 0.3) is 0 Å². The molecule has 0 aliphatic heterocycles. The first-order valence-corrected chi connectivity index (χ1v) is 9.33. The number of carbonyl (C=O) groups excluding carboxylic acids is 1. The third kappa shape index (κ3) is 6.24. The first-order valence-electron chi connectivity index (χ1n) is 8.25. The number of hydrogen-bond acceptors (Lipinski definition) is 5. The fourth-order valence-electron chi connectivity index (χ4n) is 2.29. The Morgan fingerprint density at radius 3 is 2.48 bits per heavy atom. The van der Waals surface area contributed by atoms with E-state index in [9.17, 15) is 19.4 Å². The molecule has 2 aromatic rings. The van der Waals surface area contributed by atoms with Gasteiger partial charge in [0.25, 0.3) is 0 Å². The van der Waals surface area contributed by atoms with Crippen molar-refractivity contribution in [3.8, 4) is 11.5 Å². The van der Waals surface area contributed by atoms with E-state index < -0.39 is 17.5 Å². The molecule has 2 rings (SSSR count). The Morgan fingerprint density at radius 1 is 1.15 bits per heavy atom. The summed E-state index contributed by atoms with van der Waals surface area (Å²) in [5.74, 6) is -0.592. The average Bonchev–Trinajstić information content (AvgIpc) is 2.54. The molecule has 1 amide bonds. The Balaban J connectivity index is 2.01. The van der Waals surface area contributed by atoms with Crippen LogP contribution in [0, 0.1) is 9.39 Å². The first-order chi connectivity index (χ1) is 12.6. The standard InChI is InChI=1S/C19H22FIN2O4/c1-19(2,3)27-18(26)23-14-6-4-5-11(17(14)20)9-22-10-12-7-13(21)16(25)8-15(12)24/h4-8,22,24-25H,9-10H2,1-3H3,(H,23,26). The molecule has 146 valence electrons. The number of nitrogens with one attached hydrogen (secondary N) is 2. The van der Waals surface area contributed by atoms with Crippen molar-refractivity contribution in [2.24, 2.45) is 0 Å². The molecule has 0 fully saturated rings. The van der Waals surface area contributed by atoms with E-state index in [2.05, 4.69) is 10.6 Å². The number of benzene rings is 2. The maximum Gasteiger partial charge on any atom is 0.412 e. The van der Waals surface area contributed by atoms with Crippen LogP contribution in [0.15, 0.2) is 30.3 Å². The predicted molar refractivity (Wildman–Crippen MR) is 109 cm³/mol. The second-order valence-electron chi connectivity index (χ2n) is 6.94. The van der Waals surface area contributed by atoms with E-state index in [4.69, 9.17) is 4.74 Å². The lowest BCUT2D eigenvalue weighted by Gasteiger charge is -2.20. The van der Waals surface area contributed by atoms with E-state index >= 15 is 0 Å². The number of ether oxygens (including phenoxy) is 1. The maximum absolute atomic E-state index is 14.6. The molecular weight excluding hydrogens is 466 g/mol. The Hall–Kier alpha value is -2.07. The number of halogens is 2. The van der Waals surface area contributed by atoms with E-state index in [1.165, 1.54) is 12.1 Å². The lowest BCUT2D eigenvalue weighted by Crippen LogP contribution is -2.27. The molecule has 27 heavy (non-hydrogen) atoms. The summed E-state index contributed by atoms with van der Waals surface area (Å²) in [6, 6.07) is 7.60. The average molecular weight is 488 g/mol. The normalized spacial score (nSPS) is 11.3. The molecule has 0 heterocycles. The molecule has 6 nitrogen and oxygen atoms in total. The molecule has 8 heteroatoms. The molecule has 0 aromatic heterocycles. The van der Waals surface area contributed by atoms with E-state index in [1.807, 2.05) is 22.6 Å². The highest BCUT2D eigenvalue weighted by molar-refractivity contribution is 14.1. The van der Waals surface area contributed by atoms with Gasteiger partial charge in [0.1, 0.15) is 17.1 Å². The van der Waals surface area contributed by atoms with Crippen LogP contribution in [-0.2, 0) is 17.8 Å². The van der Waals surface area contributed by atoms with E-state index in [0.29, 0.717) is 14.7 Å². The molecule has 0 aliphatic rings. The van der Waals surface area contributed by atoms with Gasteiger partial charge in [0.05, 0.1) is 9.26 Å². The van der Waals surface area contributed by atoms with Crippen LogP contribution < -0.4 is 10.6 Å². The number of rotatable bonds is 5. The lowest BCUT2D eigenvalue weighted by molar-refractivity contribution is 0.0635. The summed E-state index contributed by atoms with van der Waals surface area (Å²) in [6.45, 7) is 5.65. The molecule has 0 bridgehead atoms. The summed E-state index contributed by atoms with van der Waals surface area (Å²) in [5, 5.41) is 24.9. The van der Waals surface area contributed by atoms with Crippen molar-refractivity contribution in [1.82, 2.24) is 5.32 Å². The van der Waals surface area contributed by atoms with Crippen LogP contribution in [0.5, 0.6) is 11.5 Å². The van der Waals surface area contributed by atoms with Gasteiger partial charge in [-0.1, -0.05) is 12.1 Å². The number of phenolic OH excluding ortho intramolecular Hbond substituents is 2. The Bertz CT molecular complexity index is 837. The van der Waals surface area contributed by atoms with Crippen LogP contribution in [0.3, 0.4) is 0 Å². The van der Waals surface area contributed by atoms with Gasteiger partial charge in [-0.15, -0.1) is 0 Å². The second kappa shape index (κ2) is 8.75. The SMILES string of the molecule is CC(C)(C)OC(=O)Nc1cccc(CNCc2cc(I)c(O)cc2O)c1F. The number of aromatic hydroxyl groups is 2. The zero-order chi connectivity index (χ0) is 20.2. The van der Waals surface area contributed by atoms with Crippen molar-refractivity contribution in [3.05, 3.63) is 50.8 Å². The van der Waals surface area contributed by atoms with Gasteiger partial charge in [0, 0.05) is 30.3 Å². The van der Waals surface area contributed by atoms with E-state index in [-0.39, 0.29) is 30.3 Å². The van der Waals surface area contributed by atoms with Crippen LogP contribution in [0.2, 0.25) is 0 Å². The Labute approximate surface area is 170 Å². The number of phenols is 2. The number of carbonyl (C=O) groups is 1. The quantitative estimate of drug-likeness (QED) is 0.467. The van der Waals surface area contributed by atoms with Crippen molar-refractivity contribution < 1.29 is 24.1 Å². The van der Waals surface area contributed by atoms with Crippen molar-refractivity contribution >= 4 is 34.4 Å². The highest BCUT2D eigenvalue weighted by Crippen LogP contribution is 2.28. The van der Waals surface area contributed by atoms with Gasteiger partial charge < -0.3 is 20.3 Å². The van der Waals surface area contributed by atoms with Crippen LogP contribution in [0.1, 0.15) is 31.9 Å². The minimum absolute atomic E-state index is 0.00353. The molecule has 0 saturated carbocycles. The summed E-state index contributed by atoms with van der Waals surface area (Å²) in [5.41, 5.74) is 0.298. The molecule has 0 atom stereocenters. The Morgan fingerprint density at radius 2 is 1.81 bits per heavy atom. The van der Waals surface area contributed by atoms with Gasteiger partial charge in [-0.05, 0) is 55.5 Å². The molecule has 0 spiro atoms. The molecule has 2 aromatic carbocycles. The summed E-state index contributed by atoms with van der Waals surface area (Å²) < 4.78 is 20.3. The van der Waals surface area contributed by atoms with Crippen LogP contribution in [-0.4, -0.2) is 21.9 Å². The minimum atomic E-state index is -0.727. The summed E-state index contributed by atoms with van der Waals surface area (Å²) in [4.78, 5) is 11.8. The van der Waals surface area contributed by atoms with Gasteiger partial charge >= 0.3 is 6.09 Å². The van der Waals surface area contributed by atoms with Crippen LogP contribution in [0.4, 0.5) is 14.9 Å². The van der Waals surface area contributed by atoms with Gasteiger partial charge in [0.2, 0.25) is 0 Å². The van der Waals surface area contributed by atoms with E-state index in [0.717, 1.165) is 0 Å². The number of amides is 1. The van der Waals surface area contributed by atoms with Gasteiger partial charge in [-0.2, -0.15) is 0 Å². The maximum atomic E-state index is 14.6. The highest BCUT2D eigenvalue weighted by atomic mass is 127. The highest BCUT2D eigenvalue weighted by Gasteiger charge is 2.18. The zero-order valence-corrected chi connectivity index (χ0v) is 17.4. The molecular formula is C19H22FIN2O4.